The molecule has 15 heavy (non-hydrogen) atoms. The van der Waals surface area contributed by atoms with Gasteiger partial charge in [-0.15, -0.1) is 0 Å². The van der Waals surface area contributed by atoms with Crippen molar-refractivity contribution in [1.82, 2.24) is 0 Å². The highest BCUT2D eigenvalue weighted by Crippen LogP contribution is 2.18. The van der Waals surface area contributed by atoms with Crippen LogP contribution in [0.25, 0.3) is 0 Å². The lowest BCUT2D eigenvalue weighted by Gasteiger charge is -2.06. The maximum Gasteiger partial charge on any atom is 0.377 e. The number of rotatable bonds is 3. The zero-order valence-electron chi connectivity index (χ0n) is 7.88. The molecule has 0 aliphatic heterocycles. The van der Waals surface area contributed by atoms with E-state index < -0.39 is 23.4 Å². The predicted octanol–water partition coefficient (Wildman–Crippen LogP) is 1.79. The van der Waals surface area contributed by atoms with E-state index in [0.29, 0.717) is 0 Å². The van der Waals surface area contributed by atoms with E-state index in [1.165, 1.54) is 6.92 Å². The van der Waals surface area contributed by atoms with E-state index in [1.807, 2.05) is 0 Å². The van der Waals surface area contributed by atoms with E-state index in [2.05, 4.69) is 0 Å². The Balaban J connectivity index is 3.37. The van der Waals surface area contributed by atoms with Crippen molar-refractivity contribution in [2.24, 2.45) is 0 Å². The molecule has 5 heteroatoms. The number of ketones is 1. The number of halogens is 2. The Hall–Kier alpha value is -1.78. The Kier molecular flexibility index (Phi) is 3.14. The van der Waals surface area contributed by atoms with E-state index >= 15 is 0 Å². The smallest absolute Gasteiger partial charge is 0.377 e. The van der Waals surface area contributed by atoms with E-state index in [4.69, 9.17) is 5.11 Å². The molecule has 0 aliphatic carbocycles. The lowest BCUT2D eigenvalue weighted by atomic mass is 10.0. The van der Waals surface area contributed by atoms with Crippen LogP contribution in [-0.4, -0.2) is 16.9 Å². The largest absolute Gasteiger partial charge is 0.475 e. The van der Waals surface area contributed by atoms with Gasteiger partial charge in [0.1, 0.15) is 0 Å². The van der Waals surface area contributed by atoms with Gasteiger partial charge in [-0.05, 0) is 18.6 Å². The fourth-order valence-corrected chi connectivity index (χ4v) is 1.27. The Bertz CT molecular complexity index is 427. The second-order valence-electron chi connectivity index (χ2n) is 2.88. The van der Waals surface area contributed by atoms with Gasteiger partial charge in [0.2, 0.25) is 0 Å². The molecule has 0 aromatic heterocycles. The number of hydrogen-bond donors (Lipinski definition) is 1. The average molecular weight is 214 g/mol. The molecule has 0 radical (unpaired) electrons. The molecule has 0 unspecified atom stereocenters. The van der Waals surface area contributed by atoms with Crippen LogP contribution in [0.1, 0.15) is 22.8 Å². The van der Waals surface area contributed by atoms with E-state index in [9.17, 15) is 18.4 Å². The van der Waals surface area contributed by atoms with Crippen molar-refractivity contribution in [2.45, 2.75) is 13.3 Å². The minimum Gasteiger partial charge on any atom is -0.475 e. The monoisotopic (exact) mass is 214 g/mol. The number of carbonyl (C=O) groups excluding carboxylic acids is 1. The van der Waals surface area contributed by atoms with Crippen LogP contribution in [0.4, 0.5) is 8.78 Å². The molecule has 0 saturated heterocycles. The van der Waals surface area contributed by atoms with E-state index in [0.717, 1.165) is 12.1 Å². The van der Waals surface area contributed by atoms with Gasteiger partial charge >= 0.3 is 5.97 Å². The van der Waals surface area contributed by atoms with Crippen molar-refractivity contribution in [2.75, 3.05) is 0 Å². The Morgan fingerprint density at radius 1 is 1.33 bits per heavy atom. The summed E-state index contributed by atoms with van der Waals surface area (Å²) in [6.45, 7) is 1.51. The maximum atomic E-state index is 13.2. The zero-order valence-corrected chi connectivity index (χ0v) is 7.88. The lowest BCUT2D eigenvalue weighted by Crippen LogP contribution is -2.16. The minimum absolute atomic E-state index is 0.0535. The van der Waals surface area contributed by atoms with Gasteiger partial charge in [-0.2, -0.15) is 0 Å². The van der Waals surface area contributed by atoms with Crippen molar-refractivity contribution < 1.29 is 23.5 Å². The second-order valence-corrected chi connectivity index (χ2v) is 2.88. The summed E-state index contributed by atoms with van der Waals surface area (Å²) in [7, 11) is 0. The first-order chi connectivity index (χ1) is 6.99. The van der Waals surface area contributed by atoms with Gasteiger partial charge in [-0.25, -0.2) is 13.6 Å². The third kappa shape index (κ3) is 2.01. The standard InChI is InChI=1S/C10H8F2O3/c1-2-5-6(9(13)10(14)15)3-4-7(11)8(5)12/h3-4H,2H2,1H3,(H,14,15). The number of hydrogen-bond acceptors (Lipinski definition) is 2. The van der Waals surface area contributed by atoms with Crippen LogP contribution >= 0.6 is 0 Å². The first-order valence-electron chi connectivity index (χ1n) is 4.23. The van der Waals surface area contributed by atoms with Gasteiger partial charge in [0.15, 0.2) is 11.6 Å². The fourth-order valence-electron chi connectivity index (χ4n) is 1.27. The molecule has 1 N–H and O–H groups in total. The Labute approximate surface area is 84.3 Å². The molecule has 0 atom stereocenters. The van der Waals surface area contributed by atoms with Crippen LogP contribution in [0.5, 0.6) is 0 Å². The SMILES string of the molecule is CCc1c(C(=O)C(=O)O)ccc(F)c1F. The van der Waals surface area contributed by atoms with E-state index in [-0.39, 0.29) is 17.5 Å². The molecular weight excluding hydrogens is 206 g/mol. The molecule has 1 aromatic rings. The molecule has 80 valence electrons. The zero-order chi connectivity index (χ0) is 11.6. The molecule has 0 saturated carbocycles. The number of carbonyl (C=O) groups is 2. The fraction of sp³-hybridized carbons (Fsp3) is 0.200. The van der Waals surface area contributed by atoms with Crippen LogP contribution in [0.2, 0.25) is 0 Å². The molecule has 0 bridgehead atoms. The molecule has 0 fully saturated rings. The van der Waals surface area contributed by atoms with Crippen molar-refractivity contribution >= 4 is 11.8 Å². The van der Waals surface area contributed by atoms with Crippen molar-refractivity contribution in [3.05, 3.63) is 34.9 Å². The van der Waals surface area contributed by atoms with Crippen LogP contribution in [-0.2, 0) is 11.2 Å². The number of Topliss-reactive ketones (excluding diaryl/α,β-unsaturated/α-hetero) is 1. The molecule has 0 spiro atoms. The molecular formula is C10H8F2O3. The van der Waals surface area contributed by atoms with Crippen molar-refractivity contribution in [1.29, 1.82) is 0 Å². The number of benzene rings is 1. The molecule has 0 aliphatic rings. The van der Waals surface area contributed by atoms with Crippen LogP contribution in [0.15, 0.2) is 12.1 Å². The summed E-state index contributed by atoms with van der Waals surface area (Å²) in [6, 6.07) is 1.72. The van der Waals surface area contributed by atoms with Gasteiger partial charge < -0.3 is 5.11 Å². The summed E-state index contributed by atoms with van der Waals surface area (Å²) in [5.74, 6) is -5.17. The molecule has 0 heterocycles. The summed E-state index contributed by atoms with van der Waals surface area (Å²) >= 11 is 0. The minimum atomic E-state index is -1.68. The predicted molar refractivity (Wildman–Crippen MR) is 47.7 cm³/mol. The van der Waals surface area contributed by atoms with E-state index in [1.54, 1.807) is 0 Å². The lowest BCUT2D eigenvalue weighted by molar-refractivity contribution is -0.131. The maximum absolute atomic E-state index is 13.2. The Morgan fingerprint density at radius 2 is 1.93 bits per heavy atom. The van der Waals surface area contributed by atoms with Gasteiger partial charge in [-0.3, -0.25) is 4.79 Å². The first-order valence-corrected chi connectivity index (χ1v) is 4.23. The molecule has 3 nitrogen and oxygen atoms in total. The normalized spacial score (nSPS) is 10.1. The molecule has 0 amide bonds. The van der Waals surface area contributed by atoms with Crippen molar-refractivity contribution in [3.63, 3.8) is 0 Å². The van der Waals surface area contributed by atoms with Crippen LogP contribution < -0.4 is 0 Å². The average Bonchev–Trinajstić information content (AvgIpc) is 2.20. The molecule has 1 rings (SSSR count). The summed E-state index contributed by atoms with van der Waals surface area (Å²) in [5, 5.41) is 8.45. The highest BCUT2D eigenvalue weighted by atomic mass is 19.2. The topological polar surface area (TPSA) is 54.4 Å². The number of carboxylic acids is 1. The molecule has 1 aromatic carbocycles. The van der Waals surface area contributed by atoms with Crippen LogP contribution in [0, 0.1) is 11.6 Å². The van der Waals surface area contributed by atoms with Gasteiger partial charge in [0.25, 0.3) is 5.78 Å². The van der Waals surface area contributed by atoms with Gasteiger partial charge in [-0.1, -0.05) is 6.92 Å². The third-order valence-electron chi connectivity index (χ3n) is 1.99. The number of aliphatic carboxylic acids is 1. The Morgan fingerprint density at radius 3 is 2.40 bits per heavy atom. The first kappa shape index (κ1) is 11.3. The highest BCUT2D eigenvalue weighted by Gasteiger charge is 2.21. The summed E-state index contributed by atoms with van der Waals surface area (Å²) in [5.41, 5.74) is -0.508. The second kappa shape index (κ2) is 4.16. The van der Waals surface area contributed by atoms with Crippen LogP contribution in [0.3, 0.4) is 0 Å². The summed E-state index contributed by atoms with van der Waals surface area (Å²) in [4.78, 5) is 21.5. The summed E-state index contributed by atoms with van der Waals surface area (Å²) in [6.07, 6.45) is 0.0535. The van der Waals surface area contributed by atoms with Gasteiger partial charge in [0.05, 0.1) is 0 Å². The highest BCUT2D eigenvalue weighted by molar-refractivity contribution is 6.40. The third-order valence-corrected chi connectivity index (χ3v) is 1.99. The quantitative estimate of drug-likeness (QED) is 0.616. The van der Waals surface area contributed by atoms with Gasteiger partial charge in [0, 0.05) is 11.1 Å². The van der Waals surface area contributed by atoms with Crippen molar-refractivity contribution in [3.8, 4) is 0 Å². The number of carboxylic acid groups (broad SMARTS) is 1. The summed E-state index contributed by atoms with van der Waals surface area (Å²) < 4.78 is 25.9.